The number of rotatable bonds is 2. The molecule has 0 aliphatic carbocycles. The average molecular weight is 327 g/mol. The third-order valence-electron chi connectivity index (χ3n) is 2.67. The monoisotopic (exact) mass is 326 g/mol. The number of aromatic amines is 1. The second kappa shape index (κ2) is 5.09. The highest BCUT2D eigenvalue weighted by Gasteiger charge is 2.09. The van der Waals surface area contributed by atoms with Crippen LogP contribution in [0.5, 0.6) is 0 Å². The molecule has 1 aromatic heterocycles. The summed E-state index contributed by atoms with van der Waals surface area (Å²) in [5, 5.41) is 0.978. The number of oxazole rings is 1. The molecule has 102 valence electrons. The van der Waals surface area contributed by atoms with Crippen LogP contribution in [0.1, 0.15) is 0 Å². The zero-order chi connectivity index (χ0) is 14.3. The molecule has 0 amide bonds. The predicted octanol–water partition coefficient (Wildman–Crippen LogP) is 4.16. The van der Waals surface area contributed by atoms with Gasteiger partial charge in [-0.25, -0.2) is 4.79 Å². The normalized spacial score (nSPS) is 11.1. The number of anilines is 1. The summed E-state index contributed by atoms with van der Waals surface area (Å²) in [6.07, 6.45) is 0. The van der Waals surface area contributed by atoms with Gasteiger partial charge in [-0.1, -0.05) is 35.0 Å². The van der Waals surface area contributed by atoms with E-state index in [1.165, 1.54) is 11.8 Å². The van der Waals surface area contributed by atoms with Crippen LogP contribution in [-0.2, 0) is 0 Å². The molecule has 0 radical (unpaired) electrons. The predicted molar refractivity (Wildman–Crippen MR) is 81.8 cm³/mol. The first-order valence-electron chi connectivity index (χ1n) is 5.58. The van der Waals surface area contributed by atoms with Gasteiger partial charge in [-0.3, -0.25) is 4.98 Å². The van der Waals surface area contributed by atoms with Gasteiger partial charge in [-0.05, 0) is 24.3 Å². The first-order valence-corrected chi connectivity index (χ1v) is 7.15. The molecule has 0 fully saturated rings. The Labute approximate surface area is 127 Å². The van der Waals surface area contributed by atoms with Crippen molar-refractivity contribution in [2.75, 3.05) is 5.73 Å². The molecule has 0 unspecified atom stereocenters. The number of halogens is 2. The first-order chi connectivity index (χ1) is 9.52. The molecule has 0 spiro atoms. The molecule has 3 rings (SSSR count). The van der Waals surface area contributed by atoms with Crippen molar-refractivity contribution in [3.63, 3.8) is 0 Å². The van der Waals surface area contributed by atoms with Crippen molar-refractivity contribution < 1.29 is 4.42 Å². The highest BCUT2D eigenvalue weighted by atomic mass is 35.5. The molecular formula is C13H8Cl2N2O2S. The van der Waals surface area contributed by atoms with Crippen LogP contribution in [0.15, 0.2) is 49.3 Å². The summed E-state index contributed by atoms with van der Waals surface area (Å²) in [7, 11) is 0. The minimum Gasteiger partial charge on any atom is -0.408 e. The largest absolute Gasteiger partial charge is 0.417 e. The van der Waals surface area contributed by atoms with Crippen molar-refractivity contribution >= 4 is 51.8 Å². The number of fused-ring (bicyclic) bond motifs is 1. The Bertz CT molecular complexity index is 857. The third kappa shape index (κ3) is 2.52. The SMILES string of the molecule is Nc1cc2oc(=O)[nH]c2cc1Sc1ccc(Cl)c(Cl)c1. The molecule has 0 atom stereocenters. The van der Waals surface area contributed by atoms with Gasteiger partial charge in [0.1, 0.15) is 0 Å². The highest BCUT2D eigenvalue weighted by molar-refractivity contribution is 7.99. The van der Waals surface area contributed by atoms with Crippen molar-refractivity contribution in [2.24, 2.45) is 0 Å². The number of benzene rings is 2. The Morgan fingerprint density at radius 2 is 1.95 bits per heavy atom. The molecule has 0 aliphatic rings. The summed E-state index contributed by atoms with van der Waals surface area (Å²) >= 11 is 13.3. The van der Waals surface area contributed by atoms with Crippen molar-refractivity contribution in [3.05, 3.63) is 50.9 Å². The number of hydrogen-bond acceptors (Lipinski definition) is 4. The fraction of sp³-hybridized carbons (Fsp3) is 0. The lowest BCUT2D eigenvalue weighted by molar-refractivity contribution is 0.555. The van der Waals surface area contributed by atoms with Crippen molar-refractivity contribution in [2.45, 2.75) is 9.79 Å². The second-order valence-electron chi connectivity index (χ2n) is 4.08. The van der Waals surface area contributed by atoms with Gasteiger partial charge in [0.15, 0.2) is 5.58 Å². The number of nitrogen functional groups attached to an aromatic ring is 1. The summed E-state index contributed by atoms with van der Waals surface area (Å²) in [4.78, 5) is 15.4. The smallest absolute Gasteiger partial charge is 0.408 e. The van der Waals surface area contributed by atoms with Gasteiger partial charge in [0.25, 0.3) is 0 Å². The maximum Gasteiger partial charge on any atom is 0.417 e. The fourth-order valence-electron chi connectivity index (χ4n) is 1.75. The van der Waals surface area contributed by atoms with Crippen LogP contribution < -0.4 is 11.5 Å². The lowest BCUT2D eigenvalue weighted by atomic mass is 10.3. The van der Waals surface area contributed by atoms with E-state index >= 15 is 0 Å². The minimum atomic E-state index is -0.504. The average Bonchev–Trinajstić information content (AvgIpc) is 2.73. The van der Waals surface area contributed by atoms with E-state index in [1.54, 1.807) is 24.3 Å². The maximum atomic E-state index is 11.1. The Kier molecular flexibility index (Phi) is 3.41. The van der Waals surface area contributed by atoms with Crippen LogP contribution in [0.3, 0.4) is 0 Å². The Morgan fingerprint density at radius 3 is 2.70 bits per heavy atom. The van der Waals surface area contributed by atoms with E-state index in [9.17, 15) is 4.79 Å². The van der Waals surface area contributed by atoms with Crippen molar-refractivity contribution in [3.8, 4) is 0 Å². The molecule has 3 aromatic rings. The minimum absolute atomic E-state index is 0.436. The zero-order valence-corrected chi connectivity index (χ0v) is 12.3. The molecule has 3 N–H and O–H groups in total. The Morgan fingerprint density at radius 1 is 1.15 bits per heavy atom. The quantitative estimate of drug-likeness (QED) is 0.693. The van der Waals surface area contributed by atoms with Gasteiger partial charge < -0.3 is 10.2 Å². The van der Waals surface area contributed by atoms with Gasteiger partial charge in [0.05, 0.1) is 15.6 Å². The van der Waals surface area contributed by atoms with E-state index in [-0.39, 0.29) is 0 Å². The molecule has 0 aliphatic heterocycles. The van der Waals surface area contributed by atoms with Crippen molar-refractivity contribution in [1.82, 2.24) is 4.98 Å². The first kappa shape index (κ1) is 13.4. The summed E-state index contributed by atoms with van der Waals surface area (Å²) in [6, 6.07) is 8.72. The number of aromatic nitrogens is 1. The summed E-state index contributed by atoms with van der Waals surface area (Å²) in [5.41, 5.74) is 7.52. The maximum absolute atomic E-state index is 11.1. The van der Waals surface area contributed by atoms with E-state index in [0.29, 0.717) is 26.8 Å². The van der Waals surface area contributed by atoms with E-state index < -0.39 is 5.76 Å². The zero-order valence-electron chi connectivity index (χ0n) is 9.94. The van der Waals surface area contributed by atoms with Crippen LogP contribution in [0, 0.1) is 0 Å². The molecule has 1 heterocycles. The molecule has 4 nitrogen and oxygen atoms in total. The third-order valence-corrected chi connectivity index (χ3v) is 4.47. The molecule has 0 bridgehead atoms. The number of hydrogen-bond donors (Lipinski definition) is 2. The number of nitrogens with two attached hydrogens (primary N) is 1. The van der Waals surface area contributed by atoms with E-state index in [0.717, 1.165) is 9.79 Å². The Balaban J connectivity index is 2.02. The highest BCUT2D eigenvalue weighted by Crippen LogP contribution is 2.36. The van der Waals surface area contributed by atoms with Gasteiger partial charge in [0.2, 0.25) is 0 Å². The van der Waals surface area contributed by atoms with Crippen LogP contribution in [0.4, 0.5) is 5.69 Å². The molecule has 2 aromatic carbocycles. The van der Waals surface area contributed by atoms with Gasteiger partial charge in [-0.2, -0.15) is 0 Å². The van der Waals surface area contributed by atoms with Crippen LogP contribution >= 0.6 is 35.0 Å². The molecule has 0 saturated heterocycles. The van der Waals surface area contributed by atoms with Gasteiger partial charge >= 0.3 is 5.76 Å². The van der Waals surface area contributed by atoms with Gasteiger partial charge in [-0.15, -0.1) is 0 Å². The summed E-state index contributed by atoms with van der Waals surface area (Å²) < 4.78 is 4.95. The number of nitrogens with one attached hydrogen (secondary N) is 1. The lowest BCUT2D eigenvalue weighted by Gasteiger charge is -2.06. The summed E-state index contributed by atoms with van der Waals surface area (Å²) in [6.45, 7) is 0. The second-order valence-corrected chi connectivity index (χ2v) is 6.01. The Hall–Kier alpha value is -1.56. The fourth-order valence-corrected chi connectivity index (χ4v) is 3.03. The van der Waals surface area contributed by atoms with Crippen LogP contribution in [-0.4, -0.2) is 4.98 Å². The molecule has 0 saturated carbocycles. The molecule has 7 heteroatoms. The van der Waals surface area contributed by atoms with E-state index in [4.69, 9.17) is 33.4 Å². The standard InChI is InChI=1S/C13H8Cl2N2O2S/c14-7-2-1-6(3-8(7)15)20-12-5-10-11(4-9(12)16)19-13(18)17-10/h1-5H,16H2,(H,17,18). The molecule has 20 heavy (non-hydrogen) atoms. The topological polar surface area (TPSA) is 72.0 Å². The lowest BCUT2D eigenvalue weighted by Crippen LogP contribution is -1.93. The van der Waals surface area contributed by atoms with Crippen LogP contribution in [0.2, 0.25) is 10.0 Å². The van der Waals surface area contributed by atoms with E-state index in [1.807, 2.05) is 6.07 Å². The molecular weight excluding hydrogens is 319 g/mol. The van der Waals surface area contributed by atoms with Crippen LogP contribution in [0.25, 0.3) is 11.1 Å². The van der Waals surface area contributed by atoms with Crippen molar-refractivity contribution in [1.29, 1.82) is 0 Å². The van der Waals surface area contributed by atoms with Gasteiger partial charge in [0, 0.05) is 21.5 Å². The van der Waals surface area contributed by atoms with E-state index in [2.05, 4.69) is 4.98 Å². The summed E-state index contributed by atoms with van der Waals surface area (Å²) in [5.74, 6) is -0.504. The number of H-pyrrole nitrogens is 1.